The van der Waals surface area contributed by atoms with Gasteiger partial charge in [0.15, 0.2) is 0 Å². The molecule has 7 heteroatoms. The largest absolute Gasteiger partial charge is 0.397 e. The highest BCUT2D eigenvalue weighted by atomic mass is 32.2. The van der Waals surface area contributed by atoms with E-state index in [9.17, 15) is 8.42 Å². The van der Waals surface area contributed by atoms with Gasteiger partial charge in [0.1, 0.15) is 0 Å². The molecule has 0 amide bonds. The number of nitrogens with two attached hydrogens (primary N) is 2. The van der Waals surface area contributed by atoms with Crippen LogP contribution in [-0.2, 0) is 10.0 Å². The van der Waals surface area contributed by atoms with E-state index >= 15 is 0 Å². The van der Waals surface area contributed by atoms with Crippen LogP contribution in [0, 0.1) is 0 Å². The van der Waals surface area contributed by atoms with E-state index in [2.05, 4.69) is 10.3 Å². The quantitative estimate of drug-likeness (QED) is 0.739. The molecular weight excluding hydrogens is 276 g/mol. The summed E-state index contributed by atoms with van der Waals surface area (Å²) in [5.74, 6) is 0. The lowest BCUT2D eigenvalue weighted by molar-refractivity contribution is 0.598. The van der Waals surface area contributed by atoms with Crippen LogP contribution in [-0.4, -0.2) is 13.4 Å². The third-order valence-electron chi connectivity index (χ3n) is 2.93. The standard InChI is InChI=1S/C13H16N4O2S/c1-9(10-4-6-16-7-5-10)17-13-8-11(20(15,18)19)2-3-12(13)14/h2-9,17H,14H2,1H3,(H2,15,18,19). The Balaban J connectivity index is 2.30. The van der Waals surface area contributed by atoms with E-state index < -0.39 is 10.0 Å². The van der Waals surface area contributed by atoms with E-state index in [4.69, 9.17) is 10.9 Å². The van der Waals surface area contributed by atoms with Crippen LogP contribution in [0.25, 0.3) is 0 Å². The lowest BCUT2D eigenvalue weighted by Gasteiger charge is -2.17. The second kappa shape index (κ2) is 5.48. The van der Waals surface area contributed by atoms with Gasteiger partial charge in [0.05, 0.1) is 16.3 Å². The smallest absolute Gasteiger partial charge is 0.238 e. The minimum atomic E-state index is -3.75. The SMILES string of the molecule is CC(Nc1cc(S(N)(=O)=O)ccc1N)c1ccncc1. The number of primary sulfonamides is 1. The van der Waals surface area contributed by atoms with Gasteiger partial charge in [-0.15, -0.1) is 0 Å². The molecule has 6 nitrogen and oxygen atoms in total. The number of nitrogens with one attached hydrogen (secondary N) is 1. The number of rotatable bonds is 4. The Hall–Kier alpha value is -2.12. The number of sulfonamides is 1. The van der Waals surface area contributed by atoms with Crippen LogP contribution in [0.3, 0.4) is 0 Å². The molecule has 0 saturated carbocycles. The van der Waals surface area contributed by atoms with Crippen molar-refractivity contribution in [2.24, 2.45) is 5.14 Å². The number of aromatic nitrogens is 1. The van der Waals surface area contributed by atoms with E-state index in [0.717, 1.165) is 5.56 Å². The van der Waals surface area contributed by atoms with Gasteiger partial charge in [-0.25, -0.2) is 13.6 Å². The van der Waals surface area contributed by atoms with Gasteiger partial charge in [0.25, 0.3) is 0 Å². The van der Waals surface area contributed by atoms with Crippen molar-refractivity contribution in [3.8, 4) is 0 Å². The Morgan fingerprint density at radius 1 is 1.20 bits per heavy atom. The maximum atomic E-state index is 11.4. The normalized spacial score (nSPS) is 12.9. The van der Waals surface area contributed by atoms with Crippen LogP contribution in [0.5, 0.6) is 0 Å². The summed E-state index contributed by atoms with van der Waals surface area (Å²) in [4.78, 5) is 3.97. The highest BCUT2D eigenvalue weighted by molar-refractivity contribution is 7.89. The number of hydrogen-bond donors (Lipinski definition) is 3. The Morgan fingerprint density at radius 3 is 2.45 bits per heavy atom. The summed E-state index contributed by atoms with van der Waals surface area (Å²) in [5, 5.41) is 8.28. The van der Waals surface area contributed by atoms with Crippen molar-refractivity contribution in [1.29, 1.82) is 0 Å². The van der Waals surface area contributed by atoms with Crippen molar-refractivity contribution in [2.75, 3.05) is 11.1 Å². The van der Waals surface area contributed by atoms with E-state index in [1.807, 2.05) is 19.1 Å². The number of benzene rings is 1. The molecule has 1 atom stereocenters. The lowest BCUT2D eigenvalue weighted by Crippen LogP contribution is -2.14. The molecule has 2 aromatic rings. The molecule has 0 aliphatic rings. The number of pyridine rings is 1. The number of nitrogens with zero attached hydrogens (tertiary/aromatic N) is 1. The number of hydrogen-bond acceptors (Lipinski definition) is 5. The first kappa shape index (κ1) is 14.3. The molecule has 106 valence electrons. The minimum absolute atomic E-state index is 0.0242. The molecule has 1 aromatic carbocycles. The molecule has 1 heterocycles. The minimum Gasteiger partial charge on any atom is -0.397 e. The van der Waals surface area contributed by atoms with Gasteiger partial charge >= 0.3 is 0 Å². The van der Waals surface area contributed by atoms with E-state index in [1.54, 1.807) is 12.4 Å². The Kier molecular flexibility index (Phi) is 3.91. The zero-order chi connectivity index (χ0) is 14.8. The average molecular weight is 292 g/mol. The van der Waals surface area contributed by atoms with E-state index in [0.29, 0.717) is 11.4 Å². The summed E-state index contributed by atoms with van der Waals surface area (Å²) in [7, 11) is -3.75. The van der Waals surface area contributed by atoms with Crippen LogP contribution in [0.15, 0.2) is 47.6 Å². The van der Waals surface area contributed by atoms with Crippen LogP contribution < -0.4 is 16.2 Å². The lowest BCUT2D eigenvalue weighted by atomic mass is 10.1. The fourth-order valence-corrected chi connectivity index (χ4v) is 2.35. The predicted molar refractivity (Wildman–Crippen MR) is 78.5 cm³/mol. The first-order valence-corrected chi connectivity index (χ1v) is 7.51. The third-order valence-corrected chi connectivity index (χ3v) is 3.84. The highest BCUT2D eigenvalue weighted by Crippen LogP contribution is 2.26. The zero-order valence-corrected chi connectivity index (χ0v) is 11.8. The molecule has 0 spiro atoms. The van der Waals surface area contributed by atoms with Gasteiger partial charge in [-0.05, 0) is 42.8 Å². The molecule has 0 fully saturated rings. The maximum Gasteiger partial charge on any atom is 0.238 e. The van der Waals surface area contributed by atoms with Crippen molar-refractivity contribution in [1.82, 2.24) is 4.98 Å². The second-order valence-corrected chi connectivity index (χ2v) is 6.00. The van der Waals surface area contributed by atoms with Crippen LogP contribution in [0.1, 0.15) is 18.5 Å². The molecule has 1 aromatic heterocycles. The number of anilines is 2. The topological polar surface area (TPSA) is 111 Å². The van der Waals surface area contributed by atoms with Crippen molar-refractivity contribution < 1.29 is 8.42 Å². The van der Waals surface area contributed by atoms with Gasteiger partial charge in [-0.3, -0.25) is 4.98 Å². The summed E-state index contributed by atoms with van der Waals surface area (Å²) in [5.41, 5.74) is 7.85. The second-order valence-electron chi connectivity index (χ2n) is 4.44. The zero-order valence-electron chi connectivity index (χ0n) is 10.9. The Labute approximate surface area is 117 Å². The fourth-order valence-electron chi connectivity index (χ4n) is 1.81. The van der Waals surface area contributed by atoms with Crippen molar-refractivity contribution >= 4 is 21.4 Å². The van der Waals surface area contributed by atoms with Gasteiger partial charge in [0, 0.05) is 18.4 Å². The summed E-state index contributed by atoms with van der Waals surface area (Å²) in [6.45, 7) is 1.94. The Morgan fingerprint density at radius 2 is 1.85 bits per heavy atom. The predicted octanol–water partition coefficient (Wildman–Crippen LogP) is 1.48. The van der Waals surface area contributed by atoms with Gasteiger partial charge in [-0.1, -0.05) is 0 Å². The number of nitrogen functional groups attached to an aromatic ring is 1. The molecular formula is C13H16N4O2S. The molecule has 0 saturated heterocycles. The van der Waals surface area contributed by atoms with Gasteiger partial charge in [0.2, 0.25) is 10.0 Å². The molecule has 0 aliphatic heterocycles. The molecule has 0 radical (unpaired) electrons. The van der Waals surface area contributed by atoms with Crippen LogP contribution >= 0.6 is 0 Å². The molecule has 20 heavy (non-hydrogen) atoms. The molecule has 0 bridgehead atoms. The molecule has 1 unspecified atom stereocenters. The van der Waals surface area contributed by atoms with E-state index in [1.165, 1.54) is 18.2 Å². The summed E-state index contributed by atoms with van der Waals surface area (Å²) >= 11 is 0. The molecule has 0 aliphatic carbocycles. The molecule has 2 rings (SSSR count). The summed E-state index contributed by atoms with van der Waals surface area (Å²) in [6.07, 6.45) is 3.38. The highest BCUT2D eigenvalue weighted by Gasteiger charge is 2.12. The van der Waals surface area contributed by atoms with Crippen molar-refractivity contribution in [3.63, 3.8) is 0 Å². The van der Waals surface area contributed by atoms with Gasteiger partial charge in [-0.2, -0.15) is 0 Å². The Bertz CT molecular complexity index is 702. The first-order valence-electron chi connectivity index (χ1n) is 5.96. The molecule has 5 N–H and O–H groups in total. The average Bonchev–Trinajstić information content (AvgIpc) is 2.41. The van der Waals surface area contributed by atoms with Crippen molar-refractivity contribution in [3.05, 3.63) is 48.3 Å². The third kappa shape index (κ3) is 3.25. The van der Waals surface area contributed by atoms with Crippen LogP contribution in [0.4, 0.5) is 11.4 Å². The van der Waals surface area contributed by atoms with Gasteiger partial charge < -0.3 is 11.1 Å². The van der Waals surface area contributed by atoms with Crippen molar-refractivity contribution in [2.45, 2.75) is 17.9 Å². The first-order chi connectivity index (χ1) is 9.38. The maximum absolute atomic E-state index is 11.4. The van der Waals surface area contributed by atoms with E-state index in [-0.39, 0.29) is 10.9 Å². The fraction of sp³-hybridized carbons (Fsp3) is 0.154. The van der Waals surface area contributed by atoms with Crippen LogP contribution in [0.2, 0.25) is 0 Å². The summed E-state index contributed by atoms with van der Waals surface area (Å²) in [6, 6.07) is 8.03. The monoisotopic (exact) mass is 292 g/mol. The summed E-state index contributed by atoms with van der Waals surface area (Å²) < 4.78 is 22.7.